The molecule has 1 heterocycles. The number of methoxy groups -OCH3 is 1. The van der Waals surface area contributed by atoms with Gasteiger partial charge in [-0.3, -0.25) is 0 Å². The molecular weight excluding hydrogens is 200 g/mol. The standard InChI is InChI=1S/C13H26N2O/c1-10-9-11(7-8-15(10)2)14-12-5-4-6-13(12)16-3/h10-14H,4-9H2,1-3H3. The van der Waals surface area contributed by atoms with Gasteiger partial charge in [-0.05, 0) is 52.6 Å². The van der Waals surface area contributed by atoms with Crippen molar-refractivity contribution >= 4 is 0 Å². The largest absolute Gasteiger partial charge is 0.380 e. The summed E-state index contributed by atoms with van der Waals surface area (Å²) in [6.45, 7) is 3.56. The maximum absolute atomic E-state index is 5.54. The van der Waals surface area contributed by atoms with Crippen LogP contribution >= 0.6 is 0 Å². The van der Waals surface area contributed by atoms with Gasteiger partial charge >= 0.3 is 0 Å². The molecule has 0 amide bonds. The molecule has 0 aromatic heterocycles. The van der Waals surface area contributed by atoms with Crippen molar-refractivity contribution < 1.29 is 4.74 Å². The summed E-state index contributed by atoms with van der Waals surface area (Å²) in [5, 5.41) is 3.82. The van der Waals surface area contributed by atoms with Gasteiger partial charge in [-0.1, -0.05) is 0 Å². The molecule has 0 aromatic carbocycles. The van der Waals surface area contributed by atoms with E-state index < -0.39 is 0 Å². The van der Waals surface area contributed by atoms with E-state index in [1.165, 1.54) is 38.6 Å². The average molecular weight is 226 g/mol. The third kappa shape index (κ3) is 2.76. The fraction of sp³-hybridized carbons (Fsp3) is 1.00. The van der Waals surface area contributed by atoms with E-state index in [1.807, 2.05) is 7.11 Å². The van der Waals surface area contributed by atoms with Crippen LogP contribution in [0.2, 0.25) is 0 Å². The van der Waals surface area contributed by atoms with Gasteiger partial charge in [0, 0.05) is 25.2 Å². The van der Waals surface area contributed by atoms with Gasteiger partial charge in [0.05, 0.1) is 6.10 Å². The molecule has 2 aliphatic rings. The maximum Gasteiger partial charge on any atom is 0.0724 e. The molecule has 1 saturated carbocycles. The first-order valence-corrected chi connectivity index (χ1v) is 6.69. The normalized spacial score (nSPS) is 41.4. The van der Waals surface area contributed by atoms with Crippen molar-refractivity contribution in [3.8, 4) is 0 Å². The van der Waals surface area contributed by atoms with Gasteiger partial charge in [0.2, 0.25) is 0 Å². The highest BCUT2D eigenvalue weighted by atomic mass is 16.5. The first-order valence-electron chi connectivity index (χ1n) is 6.69. The fourth-order valence-corrected chi connectivity index (χ4v) is 3.14. The van der Waals surface area contributed by atoms with E-state index in [9.17, 15) is 0 Å². The van der Waals surface area contributed by atoms with Crippen LogP contribution in [0, 0.1) is 0 Å². The second-order valence-corrected chi connectivity index (χ2v) is 5.53. The Bertz CT molecular complexity index is 222. The Labute approximate surface area is 99.5 Å². The van der Waals surface area contributed by atoms with Crippen LogP contribution in [0.15, 0.2) is 0 Å². The number of nitrogens with zero attached hydrogens (tertiary/aromatic N) is 1. The number of ether oxygens (including phenoxy) is 1. The fourth-order valence-electron chi connectivity index (χ4n) is 3.14. The van der Waals surface area contributed by atoms with Crippen LogP contribution in [0.3, 0.4) is 0 Å². The molecule has 16 heavy (non-hydrogen) atoms. The molecule has 2 rings (SSSR count). The molecule has 2 fully saturated rings. The Hall–Kier alpha value is -0.120. The lowest BCUT2D eigenvalue weighted by Gasteiger charge is -2.37. The molecule has 3 heteroatoms. The van der Waals surface area contributed by atoms with E-state index in [4.69, 9.17) is 4.74 Å². The number of likely N-dealkylation sites (tertiary alicyclic amines) is 1. The molecular formula is C13H26N2O. The minimum Gasteiger partial charge on any atom is -0.380 e. The SMILES string of the molecule is COC1CCCC1NC1CCN(C)C(C)C1. The van der Waals surface area contributed by atoms with Crippen LogP contribution in [0.1, 0.15) is 39.0 Å². The average Bonchev–Trinajstić information content (AvgIpc) is 2.71. The Kier molecular flexibility index (Phi) is 4.22. The highest BCUT2D eigenvalue weighted by Crippen LogP contribution is 2.24. The van der Waals surface area contributed by atoms with Crippen molar-refractivity contribution in [2.24, 2.45) is 0 Å². The number of nitrogens with one attached hydrogen (secondary N) is 1. The second-order valence-electron chi connectivity index (χ2n) is 5.53. The van der Waals surface area contributed by atoms with Crippen molar-refractivity contribution in [3.05, 3.63) is 0 Å². The third-order valence-electron chi connectivity index (χ3n) is 4.41. The van der Waals surface area contributed by atoms with Gasteiger partial charge in [-0.25, -0.2) is 0 Å². The zero-order valence-corrected chi connectivity index (χ0v) is 10.9. The van der Waals surface area contributed by atoms with E-state index in [-0.39, 0.29) is 0 Å². The molecule has 0 aromatic rings. The molecule has 4 unspecified atom stereocenters. The highest BCUT2D eigenvalue weighted by molar-refractivity contribution is 4.89. The number of hydrogen-bond donors (Lipinski definition) is 1. The van der Waals surface area contributed by atoms with Crippen LogP contribution in [-0.2, 0) is 4.74 Å². The third-order valence-corrected chi connectivity index (χ3v) is 4.41. The lowest BCUT2D eigenvalue weighted by molar-refractivity contribution is 0.0728. The number of hydrogen-bond acceptors (Lipinski definition) is 3. The van der Waals surface area contributed by atoms with Crippen LogP contribution in [-0.4, -0.2) is 49.8 Å². The van der Waals surface area contributed by atoms with Crippen molar-refractivity contribution in [1.82, 2.24) is 10.2 Å². The van der Waals surface area contributed by atoms with Crippen molar-refractivity contribution in [3.63, 3.8) is 0 Å². The molecule has 1 aliphatic heterocycles. The number of rotatable bonds is 3. The van der Waals surface area contributed by atoms with E-state index in [0.717, 1.165) is 0 Å². The second kappa shape index (κ2) is 5.48. The van der Waals surface area contributed by atoms with Gasteiger partial charge < -0.3 is 15.0 Å². The smallest absolute Gasteiger partial charge is 0.0724 e. The first kappa shape index (κ1) is 12.3. The summed E-state index contributed by atoms with van der Waals surface area (Å²) in [6.07, 6.45) is 6.86. The van der Waals surface area contributed by atoms with Gasteiger partial charge in [0.1, 0.15) is 0 Å². The van der Waals surface area contributed by atoms with Gasteiger partial charge in [0.25, 0.3) is 0 Å². The molecule has 3 nitrogen and oxygen atoms in total. The zero-order valence-electron chi connectivity index (χ0n) is 10.9. The topological polar surface area (TPSA) is 24.5 Å². The van der Waals surface area contributed by atoms with Crippen molar-refractivity contribution in [1.29, 1.82) is 0 Å². The summed E-state index contributed by atoms with van der Waals surface area (Å²) in [4.78, 5) is 2.46. The van der Waals surface area contributed by atoms with Crippen molar-refractivity contribution in [2.45, 2.75) is 63.3 Å². The summed E-state index contributed by atoms with van der Waals surface area (Å²) in [7, 11) is 4.08. The Morgan fingerprint density at radius 2 is 2.06 bits per heavy atom. The summed E-state index contributed by atoms with van der Waals surface area (Å²) in [6, 6.07) is 2.02. The predicted molar refractivity (Wildman–Crippen MR) is 66.7 cm³/mol. The Balaban J connectivity index is 1.81. The van der Waals surface area contributed by atoms with Crippen LogP contribution < -0.4 is 5.32 Å². The van der Waals surface area contributed by atoms with Crippen LogP contribution in [0.25, 0.3) is 0 Å². The minimum atomic E-state index is 0.454. The zero-order chi connectivity index (χ0) is 11.5. The molecule has 0 spiro atoms. The van der Waals surface area contributed by atoms with E-state index >= 15 is 0 Å². The molecule has 1 aliphatic carbocycles. The summed E-state index contributed by atoms with van der Waals surface area (Å²) < 4.78 is 5.54. The van der Waals surface area contributed by atoms with Crippen LogP contribution in [0.4, 0.5) is 0 Å². The number of piperidine rings is 1. The summed E-state index contributed by atoms with van der Waals surface area (Å²) in [5.74, 6) is 0. The quantitative estimate of drug-likeness (QED) is 0.791. The van der Waals surface area contributed by atoms with Gasteiger partial charge in [-0.15, -0.1) is 0 Å². The van der Waals surface area contributed by atoms with E-state index in [0.29, 0.717) is 24.2 Å². The molecule has 1 saturated heterocycles. The monoisotopic (exact) mass is 226 g/mol. The molecule has 4 atom stereocenters. The van der Waals surface area contributed by atoms with E-state index in [1.54, 1.807) is 0 Å². The molecule has 1 N–H and O–H groups in total. The predicted octanol–water partition coefficient (Wildman–Crippen LogP) is 1.63. The lowest BCUT2D eigenvalue weighted by Crippen LogP contribution is -2.50. The minimum absolute atomic E-state index is 0.454. The van der Waals surface area contributed by atoms with Gasteiger partial charge in [-0.2, -0.15) is 0 Å². The Morgan fingerprint density at radius 3 is 2.75 bits per heavy atom. The molecule has 94 valence electrons. The maximum atomic E-state index is 5.54. The summed E-state index contributed by atoms with van der Waals surface area (Å²) in [5.41, 5.74) is 0. The van der Waals surface area contributed by atoms with Gasteiger partial charge in [0.15, 0.2) is 0 Å². The lowest BCUT2D eigenvalue weighted by atomic mass is 9.97. The molecule has 0 bridgehead atoms. The van der Waals surface area contributed by atoms with Crippen molar-refractivity contribution in [2.75, 3.05) is 20.7 Å². The van der Waals surface area contributed by atoms with Crippen LogP contribution in [0.5, 0.6) is 0 Å². The Morgan fingerprint density at radius 1 is 1.25 bits per heavy atom. The summed E-state index contributed by atoms with van der Waals surface area (Å²) >= 11 is 0. The highest BCUT2D eigenvalue weighted by Gasteiger charge is 2.31. The van der Waals surface area contributed by atoms with E-state index in [2.05, 4.69) is 24.2 Å². The first-order chi connectivity index (χ1) is 7.70. The molecule has 0 radical (unpaired) electrons.